The molecule has 1 aliphatic rings. The van der Waals surface area contributed by atoms with Crippen molar-refractivity contribution in [3.63, 3.8) is 0 Å². The van der Waals surface area contributed by atoms with Crippen molar-refractivity contribution in [1.29, 1.82) is 5.26 Å². The molecule has 1 heterocycles. The maximum absolute atomic E-state index is 13.2. The summed E-state index contributed by atoms with van der Waals surface area (Å²) < 4.78 is 23.9. The molecule has 1 amide bonds. The van der Waals surface area contributed by atoms with Crippen LogP contribution in [0.1, 0.15) is 5.56 Å². The smallest absolute Gasteiger partial charge is 0.320 e. The number of hydrogen-bond donors (Lipinski definition) is 1. The number of hydrogen-bond acceptors (Lipinski definition) is 5. The highest BCUT2D eigenvalue weighted by Crippen LogP contribution is 2.28. The van der Waals surface area contributed by atoms with Crippen LogP contribution >= 0.6 is 15.9 Å². The number of hydroxylamine groups is 2. The highest BCUT2D eigenvalue weighted by atomic mass is 79.9. The van der Waals surface area contributed by atoms with Crippen LogP contribution in [0.3, 0.4) is 0 Å². The fourth-order valence-corrected chi connectivity index (χ4v) is 2.31. The molecule has 0 atom stereocenters. The summed E-state index contributed by atoms with van der Waals surface area (Å²) in [6.45, 7) is 0.320. The van der Waals surface area contributed by atoms with E-state index in [4.69, 9.17) is 14.7 Å². The van der Waals surface area contributed by atoms with Gasteiger partial charge in [0.25, 0.3) is 5.79 Å². The Morgan fingerprint density at radius 1 is 1.55 bits per heavy atom. The zero-order chi connectivity index (χ0) is 14.8. The van der Waals surface area contributed by atoms with Crippen LogP contribution in [0.4, 0.5) is 4.39 Å². The number of nitrogens with zero attached hydrogens (tertiary/aromatic N) is 2. The highest BCUT2D eigenvalue weighted by molar-refractivity contribution is 9.10. The molecule has 0 aromatic heterocycles. The molecule has 2 rings (SSSR count). The van der Waals surface area contributed by atoms with Crippen LogP contribution in [0.5, 0.6) is 0 Å². The fourth-order valence-electron chi connectivity index (χ4n) is 1.88. The van der Waals surface area contributed by atoms with E-state index < -0.39 is 17.5 Å². The van der Waals surface area contributed by atoms with E-state index in [9.17, 15) is 14.4 Å². The summed E-state index contributed by atoms with van der Waals surface area (Å²) in [4.78, 5) is 12.0. The number of benzene rings is 1. The molecule has 106 valence electrons. The second kappa shape index (κ2) is 5.85. The first-order valence-corrected chi connectivity index (χ1v) is 6.43. The van der Waals surface area contributed by atoms with Gasteiger partial charge in [0.1, 0.15) is 5.82 Å². The van der Waals surface area contributed by atoms with Gasteiger partial charge in [0.15, 0.2) is 0 Å². The van der Waals surface area contributed by atoms with Crippen LogP contribution in [-0.4, -0.2) is 35.2 Å². The number of carbonyl (C=O) groups is 1. The number of carbonyl (C=O) groups excluding carboxylic acids is 1. The second-order valence-corrected chi connectivity index (χ2v) is 4.95. The molecular weight excluding hydrogens is 335 g/mol. The Morgan fingerprint density at radius 2 is 2.20 bits per heavy atom. The Labute approximate surface area is 122 Å². The number of halogens is 2. The zero-order valence-corrected chi connectivity index (χ0v) is 11.8. The number of nitriles is 1. The van der Waals surface area contributed by atoms with Gasteiger partial charge in [-0.05, 0) is 33.6 Å². The molecule has 6 nitrogen and oxygen atoms in total. The third-order valence-corrected chi connectivity index (χ3v) is 3.40. The lowest BCUT2D eigenvalue weighted by molar-refractivity contribution is -0.211. The van der Waals surface area contributed by atoms with Gasteiger partial charge in [0, 0.05) is 6.42 Å². The summed E-state index contributed by atoms with van der Waals surface area (Å²) in [5.41, 5.74) is 0.555. The molecule has 0 aliphatic carbocycles. The van der Waals surface area contributed by atoms with Crippen molar-refractivity contribution in [2.75, 3.05) is 13.2 Å². The minimum absolute atomic E-state index is 0.0521. The first kappa shape index (κ1) is 14.9. The molecule has 8 heteroatoms. The molecule has 0 bridgehead atoms. The molecule has 0 radical (unpaired) electrons. The normalized spacial score (nSPS) is 16.7. The lowest BCUT2D eigenvalue weighted by Crippen LogP contribution is -2.49. The molecule has 1 fully saturated rings. The average Bonchev–Trinajstić information content (AvgIpc) is 2.91. The maximum Gasteiger partial charge on any atom is 0.320 e. The Morgan fingerprint density at radius 3 is 2.75 bits per heavy atom. The Bertz CT molecular complexity index is 569. The highest BCUT2D eigenvalue weighted by Gasteiger charge is 2.47. The minimum Gasteiger partial charge on any atom is -0.339 e. The zero-order valence-electron chi connectivity index (χ0n) is 10.2. The van der Waals surface area contributed by atoms with E-state index in [0.717, 1.165) is 0 Å². The van der Waals surface area contributed by atoms with Gasteiger partial charge in [-0.1, -0.05) is 6.07 Å². The predicted molar refractivity (Wildman–Crippen MR) is 66.7 cm³/mol. The summed E-state index contributed by atoms with van der Waals surface area (Å²) in [7, 11) is 0. The molecule has 0 unspecified atom stereocenters. The van der Waals surface area contributed by atoms with Crippen molar-refractivity contribution >= 4 is 21.8 Å². The van der Waals surface area contributed by atoms with E-state index in [-0.39, 0.29) is 29.2 Å². The van der Waals surface area contributed by atoms with Crippen LogP contribution in [0.2, 0.25) is 0 Å². The lowest BCUT2D eigenvalue weighted by atomic mass is 10.0. The third kappa shape index (κ3) is 2.81. The Hall–Kier alpha value is -1.53. The van der Waals surface area contributed by atoms with Gasteiger partial charge in [0.2, 0.25) is 6.19 Å². The van der Waals surface area contributed by atoms with Crippen LogP contribution in [0.25, 0.3) is 0 Å². The van der Waals surface area contributed by atoms with Crippen molar-refractivity contribution in [3.05, 3.63) is 34.1 Å². The predicted octanol–water partition coefficient (Wildman–Crippen LogP) is 1.57. The van der Waals surface area contributed by atoms with E-state index in [0.29, 0.717) is 5.56 Å². The van der Waals surface area contributed by atoms with Crippen LogP contribution < -0.4 is 0 Å². The van der Waals surface area contributed by atoms with Crippen molar-refractivity contribution < 1.29 is 23.9 Å². The first-order valence-electron chi connectivity index (χ1n) is 5.63. The molecule has 0 saturated carbocycles. The average molecular weight is 345 g/mol. The van der Waals surface area contributed by atoms with Crippen molar-refractivity contribution in [1.82, 2.24) is 5.06 Å². The van der Waals surface area contributed by atoms with Gasteiger partial charge in [-0.2, -0.15) is 5.26 Å². The maximum atomic E-state index is 13.2. The first-order chi connectivity index (χ1) is 9.48. The topological polar surface area (TPSA) is 82.8 Å². The standard InChI is InChI=1S/C12H10BrFN2O4/c13-9-5-8(1-2-10(9)14)6-12(19-3-4-20-12)11(17)16(18)7-15/h1-2,5,18H,3-4,6H2. The Balaban J connectivity index is 2.28. The Kier molecular flexibility index (Phi) is 4.35. The molecule has 1 aliphatic heterocycles. The fraction of sp³-hybridized carbons (Fsp3) is 0.333. The number of amides is 1. The van der Waals surface area contributed by atoms with Gasteiger partial charge in [-0.15, -0.1) is 5.06 Å². The van der Waals surface area contributed by atoms with E-state index >= 15 is 0 Å². The van der Waals surface area contributed by atoms with E-state index in [1.54, 1.807) is 0 Å². The summed E-state index contributed by atoms with van der Waals surface area (Å²) in [5, 5.41) is 17.7. The minimum atomic E-state index is -1.76. The third-order valence-electron chi connectivity index (χ3n) is 2.79. The monoisotopic (exact) mass is 344 g/mol. The second-order valence-electron chi connectivity index (χ2n) is 4.09. The van der Waals surface area contributed by atoms with Gasteiger partial charge < -0.3 is 9.47 Å². The van der Waals surface area contributed by atoms with Gasteiger partial charge >= 0.3 is 5.91 Å². The SMILES string of the molecule is N#CN(O)C(=O)C1(Cc2ccc(F)c(Br)c2)OCCO1. The summed E-state index contributed by atoms with van der Waals surface area (Å²) in [6.07, 6.45) is 1.23. The van der Waals surface area contributed by atoms with Crippen molar-refractivity contribution in [3.8, 4) is 6.19 Å². The van der Waals surface area contributed by atoms with Crippen LogP contribution in [0, 0.1) is 17.3 Å². The summed E-state index contributed by atoms with van der Waals surface area (Å²) in [5.74, 6) is -3.22. The largest absolute Gasteiger partial charge is 0.339 e. The van der Waals surface area contributed by atoms with E-state index in [2.05, 4.69) is 15.9 Å². The molecule has 0 spiro atoms. The molecule has 1 N–H and O–H groups in total. The number of ether oxygens (including phenoxy) is 2. The van der Waals surface area contributed by atoms with Crippen molar-refractivity contribution in [2.45, 2.75) is 12.2 Å². The van der Waals surface area contributed by atoms with Gasteiger partial charge in [0.05, 0.1) is 17.7 Å². The summed E-state index contributed by atoms with van der Waals surface area (Å²) >= 11 is 3.04. The number of rotatable bonds is 3. The molecule has 20 heavy (non-hydrogen) atoms. The quantitative estimate of drug-likeness (QED) is 0.389. The van der Waals surface area contributed by atoms with Crippen molar-refractivity contribution in [2.24, 2.45) is 0 Å². The van der Waals surface area contributed by atoms with Crippen LogP contribution in [-0.2, 0) is 20.7 Å². The van der Waals surface area contributed by atoms with E-state index in [1.807, 2.05) is 0 Å². The molecule has 1 saturated heterocycles. The lowest BCUT2D eigenvalue weighted by Gasteiger charge is -2.26. The molecule has 1 aromatic rings. The van der Waals surface area contributed by atoms with E-state index in [1.165, 1.54) is 24.4 Å². The van der Waals surface area contributed by atoms with Gasteiger partial charge in [-0.3, -0.25) is 10.0 Å². The van der Waals surface area contributed by atoms with Crippen LogP contribution in [0.15, 0.2) is 22.7 Å². The van der Waals surface area contributed by atoms with Gasteiger partial charge in [-0.25, -0.2) is 4.39 Å². The molecule has 1 aromatic carbocycles. The summed E-state index contributed by atoms with van der Waals surface area (Å²) in [6, 6.07) is 4.17. The molecular formula is C12H10BrFN2O4.